The summed E-state index contributed by atoms with van der Waals surface area (Å²) in [5.41, 5.74) is 3.01. The monoisotopic (exact) mass is 472 g/mol. The van der Waals surface area contributed by atoms with E-state index in [4.69, 9.17) is 33.9 Å². The zero-order chi connectivity index (χ0) is 24.8. The Morgan fingerprint density at radius 3 is 2.56 bits per heavy atom. The molecule has 0 bridgehead atoms. The van der Waals surface area contributed by atoms with Crippen LogP contribution in [0.3, 0.4) is 0 Å². The van der Waals surface area contributed by atoms with Crippen molar-refractivity contribution in [3.05, 3.63) is 48.3 Å². The van der Waals surface area contributed by atoms with Crippen LogP contribution in [-0.2, 0) is 14.3 Å². The van der Waals surface area contributed by atoms with E-state index in [2.05, 4.69) is 11.9 Å². The van der Waals surface area contributed by atoms with Crippen LogP contribution in [0.2, 0.25) is 0 Å². The first kappa shape index (κ1) is 26.8. The first-order valence-electron chi connectivity index (χ1n) is 10.8. The van der Waals surface area contributed by atoms with Crippen LogP contribution in [0.15, 0.2) is 42.5 Å². The summed E-state index contributed by atoms with van der Waals surface area (Å²) in [7, 11) is 3.24. The predicted octanol–water partition coefficient (Wildman–Crippen LogP) is 3.96. The third kappa shape index (κ3) is 7.55. The van der Waals surface area contributed by atoms with Gasteiger partial charge in [0.25, 0.3) is 0 Å². The number of fused-ring (bicyclic) bond motifs is 1. The number of carbonyl (C=O) groups is 1. The van der Waals surface area contributed by atoms with E-state index in [1.165, 1.54) is 5.48 Å². The lowest BCUT2D eigenvalue weighted by molar-refractivity contribution is -0.116. The molecule has 34 heavy (non-hydrogen) atoms. The van der Waals surface area contributed by atoms with Gasteiger partial charge in [-0.25, -0.2) is 15.4 Å². The molecule has 2 N–H and O–H groups in total. The molecule has 184 valence electrons. The van der Waals surface area contributed by atoms with Gasteiger partial charge in [-0.1, -0.05) is 25.5 Å². The first-order chi connectivity index (χ1) is 16.6. The number of benzene rings is 2. The van der Waals surface area contributed by atoms with Gasteiger partial charge in [-0.2, -0.15) is 0 Å². The van der Waals surface area contributed by atoms with Crippen LogP contribution in [0, 0.1) is 6.92 Å². The van der Waals surface area contributed by atoms with Gasteiger partial charge >= 0.3 is 0 Å². The molecule has 0 radical (unpaired) electrons. The number of unbranched alkanes of at least 4 members (excludes halogenated alkanes) is 1. The lowest BCUT2D eigenvalue weighted by Crippen LogP contribution is -2.23. The summed E-state index contributed by atoms with van der Waals surface area (Å²) in [5, 5.41) is 8.20. The van der Waals surface area contributed by atoms with E-state index < -0.39 is 0 Å². The minimum Gasteiger partial charge on any atom is -0.493 e. The van der Waals surface area contributed by atoms with Gasteiger partial charge in [0.2, 0.25) is 6.41 Å². The fourth-order valence-electron chi connectivity index (χ4n) is 3.12. The summed E-state index contributed by atoms with van der Waals surface area (Å²) < 4.78 is 22.2. The maximum Gasteiger partial charge on any atom is 0.230 e. The van der Waals surface area contributed by atoms with Crippen molar-refractivity contribution in [1.29, 1.82) is 0 Å². The topological polar surface area (TPSA) is 115 Å². The number of aryl methyl sites for hydroxylation is 1. The molecule has 10 heteroatoms. The zero-order valence-corrected chi connectivity index (χ0v) is 20.0. The lowest BCUT2D eigenvalue weighted by atomic mass is 10.2. The highest BCUT2D eigenvalue weighted by molar-refractivity contribution is 5.91. The third-order valence-corrected chi connectivity index (χ3v) is 4.64. The number of hydrogen-bond acceptors (Lipinski definition) is 9. The number of rotatable bonds is 12. The molecule has 0 saturated carbocycles. The molecule has 0 aliphatic carbocycles. The van der Waals surface area contributed by atoms with Crippen LogP contribution in [-0.4, -0.2) is 55.9 Å². The van der Waals surface area contributed by atoms with Crippen molar-refractivity contribution in [3.8, 4) is 11.5 Å². The van der Waals surface area contributed by atoms with E-state index in [0.29, 0.717) is 23.9 Å². The maximum absolute atomic E-state index is 8.81. The Morgan fingerprint density at radius 1 is 1.12 bits per heavy atom. The van der Waals surface area contributed by atoms with E-state index in [1.54, 1.807) is 14.2 Å². The number of nitrogens with zero attached hydrogens (tertiary/aromatic N) is 3. The SMILES string of the molecule is CCCCOc1cc(N(COCOC)c2nc(C)nc3ccccc23)ccc1OC.O=CNO. The molecule has 1 aromatic heterocycles. The van der Waals surface area contributed by atoms with Crippen molar-refractivity contribution in [2.24, 2.45) is 0 Å². The number of aromatic nitrogens is 2. The summed E-state index contributed by atoms with van der Waals surface area (Å²) in [5.74, 6) is 2.83. The number of hydroxylamine groups is 1. The smallest absolute Gasteiger partial charge is 0.230 e. The Hall–Kier alpha value is -3.47. The van der Waals surface area contributed by atoms with Gasteiger partial charge in [0, 0.05) is 24.2 Å². The number of hydrogen-bond donors (Lipinski definition) is 2. The van der Waals surface area contributed by atoms with Gasteiger partial charge in [-0.3, -0.25) is 10.0 Å². The summed E-state index contributed by atoms with van der Waals surface area (Å²) in [6.07, 6.45) is 2.22. The summed E-state index contributed by atoms with van der Waals surface area (Å²) in [6, 6.07) is 13.8. The molecule has 1 heterocycles. The highest BCUT2D eigenvalue weighted by Gasteiger charge is 2.18. The second-order valence-electron chi connectivity index (χ2n) is 7.06. The van der Waals surface area contributed by atoms with Crippen LogP contribution < -0.4 is 19.9 Å². The molecule has 0 fully saturated rings. The quantitative estimate of drug-likeness (QED) is 0.133. The normalized spacial score (nSPS) is 10.3. The summed E-state index contributed by atoms with van der Waals surface area (Å²) in [4.78, 5) is 20.1. The highest BCUT2D eigenvalue weighted by Crippen LogP contribution is 2.36. The predicted molar refractivity (Wildman–Crippen MR) is 129 cm³/mol. The van der Waals surface area contributed by atoms with E-state index in [0.717, 1.165) is 35.2 Å². The van der Waals surface area contributed by atoms with Crippen LogP contribution in [0.25, 0.3) is 10.9 Å². The average molecular weight is 473 g/mol. The Balaban J connectivity index is 0.000000945. The largest absolute Gasteiger partial charge is 0.493 e. The molecule has 0 unspecified atom stereocenters. The maximum atomic E-state index is 8.81. The zero-order valence-electron chi connectivity index (χ0n) is 20.0. The molecule has 3 aromatic rings. The molecule has 10 nitrogen and oxygen atoms in total. The number of amides is 1. The first-order valence-corrected chi connectivity index (χ1v) is 10.8. The molecule has 0 aliphatic rings. The van der Waals surface area contributed by atoms with Crippen molar-refractivity contribution >= 4 is 28.8 Å². The average Bonchev–Trinajstić information content (AvgIpc) is 2.86. The summed E-state index contributed by atoms with van der Waals surface area (Å²) in [6.45, 7) is 5.08. The number of nitrogens with one attached hydrogen (secondary N) is 1. The molecule has 0 spiro atoms. The molecule has 0 aliphatic heterocycles. The molecule has 0 saturated heterocycles. The molecule has 0 atom stereocenters. The molecular formula is C24H32N4O6. The van der Waals surface area contributed by atoms with Crippen molar-refractivity contribution in [2.45, 2.75) is 26.7 Å². The van der Waals surface area contributed by atoms with Crippen LogP contribution in [0.4, 0.5) is 11.5 Å². The van der Waals surface area contributed by atoms with Gasteiger partial charge in [-0.05, 0) is 37.6 Å². The van der Waals surface area contributed by atoms with Gasteiger partial charge < -0.3 is 23.8 Å². The summed E-state index contributed by atoms with van der Waals surface area (Å²) >= 11 is 0. The van der Waals surface area contributed by atoms with Crippen molar-refractivity contribution in [3.63, 3.8) is 0 Å². The molecule has 1 amide bonds. The fraction of sp³-hybridized carbons (Fsp3) is 0.375. The van der Waals surface area contributed by atoms with Crippen molar-refractivity contribution in [2.75, 3.05) is 39.3 Å². The standard InChI is InChI=1S/C23H29N3O4.CH3NO2/c1-5-6-13-30-22-14-18(11-12-21(22)28-4)26(15-29-16-27-3)23-19-9-7-8-10-20(19)24-17(2)25-23;3-1-2-4/h7-12,14H,5-6,13,15-16H2,1-4H3;1,4H,(H,2,3). The fourth-order valence-corrected chi connectivity index (χ4v) is 3.12. The van der Waals surface area contributed by atoms with Gasteiger partial charge in [-0.15, -0.1) is 0 Å². The van der Waals surface area contributed by atoms with Gasteiger partial charge in [0.15, 0.2) is 11.5 Å². The third-order valence-electron chi connectivity index (χ3n) is 4.64. The van der Waals surface area contributed by atoms with Crippen LogP contribution in [0.1, 0.15) is 25.6 Å². The van der Waals surface area contributed by atoms with Crippen LogP contribution >= 0.6 is 0 Å². The Kier molecular flexibility index (Phi) is 11.5. The minimum atomic E-state index is 0.175. The number of methoxy groups -OCH3 is 2. The number of anilines is 2. The van der Waals surface area contributed by atoms with E-state index in [-0.39, 0.29) is 19.9 Å². The van der Waals surface area contributed by atoms with E-state index in [9.17, 15) is 0 Å². The number of carbonyl (C=O) groups excluding carboxylic acids is 1. The Labute approximate surface area is 199 Å². The lowest BCUT2D eigenvalue weighted by Gasteiger charge is -2.26. The van der Waals surface area contributed by atoms with E-state index >= 15 is 0 Å². The van der Waals surface area contributed by atoms with Crippen molar-refractivity contribution in [1.82, 2.24) is 15.4 Å². The van der Waals surface area contributed by atoms with Crippen LogP contribution in [0.5, 0.6) is 11.5 Å². The Bertz CT molecular complexity index is 1030. The van der Waals surface area contributed by atoms with E-state index in [1.807, 2.05) is 54.3 Å². The van der Waals surface area contributed by atoms with Gasteiger partial charge in [0.1, 0.15) is 25.2 Å². The number of ether oxygens (including phenoxy) is 4. The Morgan fingerprint density at radius 2 is 1.88 bits per heavy atom. The number of para-hydroxylation sites is 1. The second-order valence-corrected chi connectivity index (χ2v) is 7.06. The van der Waals surface area contributed by atoms with Crippen molar-refractivity contribution < 1.29 is 28.9 Å². The molecule has 2 aromatic carbocycles. The molecular weight excluding hydrogens is 440 g/mol. The highest BCUT2D eigenvalue weighted by atomic mass is 16.7. The second kappa shape index (κ2) is 14.6. The molecule has 3 rings (SSSR count). The minimum absolute atomic E-state index is 0.175. The van der Waals surface area contributed by atoms with Gasteiger partial charge in [0.05, 0.1) is 19.2 Å².